The van der Waals surface area contributed by atoms with Gasteiger partial charge in [0, 0.05) is 18.4 Å². The van der Waals surface area contributed by atoms with E-state index in [1.807, 2.05) is 42.5 Å². The van der Waals surface area contributed by atoms with E-state index in [1.54, 1.807) is 0 Å². The van der Waals surface area contributed by atoms with E-state index in [0.29, 0.717) is 12.8 Å². The van der Waals surface area contributed by atoms with E-state index in [9.17, 15) is 0 Å². The summed E-state index contributed by atoms with van der Waals surface area (Å²) in [4.78, 5) is 0. The Morgan fingerprint density at radius 3 is 2.08 bits per heavy atom. The van der Waals surface area contributed by atoms with E-state index >= 15 is 0 Å². The van der Waals surface area contributed by atoms with Gasteiger partial charge in [0.05, 0.1) is 0 Å². The summed E-state index contributed by atoms with van der Waals surface area (Å²) in [7, 11) is 0. The Balaban J connectivity index is 1.97. The van der Waals surface area contributed by atoms with Crippen molar-refractivity contribution >= 4 is 0 Å². The first-order chi connectivity index (χ1) is 12.4. The molecule has 0 saturated carbocycles. The lowest BCUT2D eigenvalue weighted by Crippen LogP contribution is -1.89. The van der Waals surface area contributed by atoms with Crippen LogP contribution in [0.15, 0.2) is 78.9 Å². The number of benzene rings is 3. The molecule has 1 heteroatoms. The predicted molar refractivity (Wildman–Crippen MR) is 104 cm³/mol. The second-order valence-electron chi connectivity index (χ2n) is 5.53. The van der Waals surface area contributed by atoms with Gasteiger partial charge >= 0.3 is 0 Å². The Morgan fingerprint density at radius 1 is 0.720 bits per heavy atom. The van der Waals surface area contributed by atoms with Crippen molar-refractivity contribution in [3.8, 4) is 52.4 Å². The summed E-state index contributed by atoms with van der Waals surface area (Å²) in [6.07, 6.45) is 9.29. The molecule has 0 saturated heterocycles. The molecular formula is C24H18O. The minimum Gasteiger partial charge on any atom is -0.407 e. The second-order valence-corrected chi connectivity index (χ2v) is 5.53. The zero-order chi connectivity index (χ0) is 17.3. The smallest absolute Gasteiger partial charge is 0.148 e. The Hall–Kier alpha value is -3.42. The van der Waals surface area contributed by atoms with Crippen LogP contribution >= 0.6 is 0 Å². The molecule has 0 aliphatic rings. The van der Waals surface area contributed by atoms with Crippen LogP contribution in [0.4, 0.5) is 0 Å². The number of rotatable bonds is 4. The van der Waals surface area contributed by atoms with Gasteiger partial charge in [0.1, 0.15) is 11.9 Å². The van der Waals surface area contributed by atoms with Crippen LogP contribution in [0.1, 0.15) is 12.8 Å². The molecule has 3 aromatic carbocycles. The molecule has 3 rings (SSSR count). The van der Waals surface area contributed by atoms with Crippen molar-refractivity contribution in [2.75, 3.05) is 0 Å². The number of ether oxygens (including phenoxy) is 1. The first kappa shape index (κ1) is 16.4. The van der Waals surface area contributed by atoms with Crippen molar-refractivity contribution in [3.05, 3.63) is 78.9 Å². The summed E-state index contributed by atoms with van der Waals surface area (Å²) < 4.78 is 5.77. The molecule has 0 aliphatic heterocycles. The van der Waals surface area contributed by atoms with Gasteiger partial charge in [0.15, 0.2) is 0 Å². The second kappa shape index (κ2) is 8.44. The summed E-state index contributed by atoms with van der Waals surface area (Å²) in [5.74, 6) is 6.28. The van der Waals surface area contributed by atoms with Crippen LogP contribution < -0.4 is 4.74 Å². The summed E-state index contributed by atoms with van der Waals surface area (Å²) in [6.45, 7) is 0. The van der Waals surface area contributed by atoms with Gasteiger partial charge < -0.3 is 4.74 Å². The van der Waals surface area contributed by atoms with Crippen molar-refractivity contribution < 1.29 is 4.74 Å². The highest BCUT2D eigenvalue weighted by molar-refractivity contribution is 5.76. The normalized spacial score (nSPS) is 9.56. The van der Waals surface area contributed by atoms with Crippen LogP contribution in [0, 0.1) is 24.4 Å². The molecule has 120 valence electrons. The van der Waals surface area contributed by atoms with Gasteiger partial charge in [-0.25, -0.2) is 0 Å². The van der Waals surface area contributed by atoms with Crippen LogP contribution in [0.5, 0.6) is 5.75 Å². The van der Waals surface area contributed by atoms with Gasteiger partial charge in [-0.3, -0.25) is 0 Å². The molecule has 25 heavy (non-hydrogen) atoms. The lowest BCUT2D eigenvalue weighted by molar-refractivity contribution is 0.521. The van der Waals surface area contributed by atoms with Gasteiger partial charge in [-0.15, -0.1) is 12.3 Å². The molecule has 0 unspecified atom stereocenters. The Labute approximate surface area is 149 Å². The minimum absolute atomic E-state index is 0.631. The van der Waals surface area contributed by atoms with E-state index in [4.69, 9.17) is 11.2 Å². The summed E-state index contributed by atoms with van der Waals surface area (Å²) in [5, 5.41) is 0. The standard InChI is InChI=1S/C24H18O/c1-2-3-4-11-18-25-24-19-22(20-12-7-5-8-13-20)16-17-23(24)21-14-9-6-10-15-21/h1,5-10,12-17,19H,3-4H2. The topological polar surface area (TPSA) is 9.23 Å². The zero-order valence-electron chi connectivity index (χ0n) is 13.9. The highest BCUT2D eigenvalue weighted by Crippen LogP contribution is 2.34. The largest absolute Gasteiger partial charge is 0.407 e. The van der Waals surface area contributed by atoms with Crippen molar-refractivity contribution in [1.29, 1.82) is 0 Å². The highest BCUT2D eigenvalue weighted by atomic mass is 16.5. The fraction of sp³-hybridized carbons (Fsp3) is 0.0833. The number of hydrogen-bond acceptors (Lipinski definition) is 1. The third-order valence-corrected chi connectivity index (χ3v) is 3.80. The molecule has 0 N–H and O–H groups in total. The molecule has 0 spiro atoms. The van der Waals surface area contributed by atoms with Crippen LogP contribution in [0.25, 0.3) is 22.3 Å². The number of hydrogen-bond donors (Lipinski definition) is 0. The lowest BCUT2D eigenvalue weighted by atomic mass is 9.99. The maximum absolute atomic E-state index is 5.77. The summed E-state index contributed by atoms with van der Waals surface area (Å²) in [6, 6.07) is 26.6. The first-order valence-electron chi connectivity index (χ1n) is 8.21. The monoisotopic (exact) mass is 322 g/mol. The predicted octanol–water partition coefficient (Wildman–Crippen LogP) is 5.77. The lowest BCUT2D eigenvalue weighted by Gasteiger charge is -2.10. The number of terminal acetylenes is 1. The molecule has 0 aliphatic carbocycles. The third-order valence-electron chi connectivity index (χ3n) is 3.80. The highest BCUT2D eigenvalue weighted by Gasteiger charge is 2.08. The van der Waals surface area contributed by atoms with E-state index < -0.39 is 0 Å². The van der Waals surface area contributed by atoms with Gasteiger partial charge in [-0.2, -0.15) is 0 Å². The van der Waals surface area contributed by atoms with E-state index in [-0.39, 0.29) is 0 Å². The maximum Gasteiger partial charge on any atom is 0.148 e. The van der Waals surface area contributed by atoms with E-state index in [1.165, 1.54) is 0 Å². The molecule has 3 aromatic rings. The molecule has 0 atom stereocenters. The molecule has 0 aromatic heterocycles. The minimum atomic E-state index is 0.631. The zero-order valence-corrected chi connectivity index (χ0v) is 13.9. The van der Waals surface area contributed by atoms with Crippen molar-refractivity contribution in [2.45, 2.75) is 12.8 Å². The fourth-order valence-corrected chi connectivity index (χ4v) is 2.55. The van der Waals surface area contributed by atoms with Gasteiger partial charge in [0.2, 0.25) is 0 Å². The van der Waals surface area contributed by atoms with Gasteiger partial charge in [0.25, 0.3) is 0 Å². The molecule has 0 bridgehead atoms. The van der Waals surface area contributed by atoms with Crippen LogP contribution in [0.2, 0.25) is 0 Å². The van der Waals surface area contributed by atoms with E-state index in [0.717, 1.165) is 28.0 Å². The van der Waals surface area contributed by atoms with Gasteiger partial charge in [-0.05, 0) is 28.8 Å². The van der Waals surface area contributed by atoms with Crippen molar-refractivity contribution in [2.24, 2.45) is 0 Å². The molecule has 1 nitrogen and oxygen atoms in total. The third kappa shape index (κ3) is 4.31. The average molecular weight is 322 g/mol. The Kier molecular flexibility index (Phi) is 5.55. The van der Waals surface area contributed by atoms with Crippen LogP contribution in [-0.4, -0.2) is 0 Å². The maximum atomic E-state index is 5.77. The van der Waals surface area contributed by atoms with Crippen LogP contribution in [-0.2, 0) is 0 Å². The molecule has 0 radical (unpaired) electrons. The fourth-order valence-electron chi connectivity index (χ4n) is 2.55. The molecule has 0 heterocycles. The van der Waals surface area contributed by atoms with Gasteiger partial charge in [-0.1, -0.05) is 72.7 Å². The molecule has 0 fully saturated rings. The summed E-state index contributed by atoms with van der Waals surface area (Å²) in [5.41, 5.74) is 4.36. The van der Waals surface area contributed by atoms with E-state index in [2.05, 4.69) is 54.3 Å². The molecular weight excluding hydrogens is 304 g/mol. The summed E-state index contributed by atoms with van der Waals surface area (Å²) >= 11 is 0. The number of unbranched alkanes of at least 4 members (excludes halogenated alkanes) is 1. The Bertz CT molecular complexity index is 923. The van der Waals surface area contributed by atoms with Crippen molar-refractivity contribution in [1.82, 2.24) is 0 Å². The SMILES string of the molecule is C#CCCC#COc1cc(-c2ccccc2)ccc1-c1ccccc1. The molecule has 0 amide bonds. The Morgan fingerprint density at radius 2 is 1.40 bits per heavy atom. The quantitative estimate of drug-likeness (QED) is 0.437. The van der Waals surface area contributed by atoms with Crippen molar-refractivity contribution in [3.63, 3.8) is 0 Å². The average Bonchev–Trinajstić information content (AvgIpc) is 2.69. The van der Waals surface area contributed by atoms with Crippen LogP contribution in [0.3, 0.4) is 0 Å². The first-order valence-corrected chi connectivity index (χ1v) is 8.21.